The largest absolute Gasteiger partial charge is 0.364 e. The maximum Gasteiger partial charge on any atom is 0.124 e. The van der Waals surface area contributed by atoms with Crippen molar-refractivity contribution in [3.63, 3.8) is 0 Å². The van der Waals surface area contributed by atoms with Crippen molar-refractivity contribution in [3.05, 3.63) is 18.0 Å². The molecule has 2 saturated heterocycles. The Morgan fingerprint density at radius 1 is 1.53 bits per heavy atom. The van der Waals surface area contributed by atoms with E-state index in [2.05, 4.69) is 15.4 Å². The number of hydrogen-bond donors (Lipinski definition) is 1. The molecule has 1 aromatic rings. The molecule has 82 valence electrons. The van der Waals surface area contributed by atoms with Crippen LogP contribution in [0.1, 0.15) is 18.5 Å². The number of aromatic nitrogens is 1. The van der Waals surface area contributed by atoms with E-state index in [0.29, 0.717) is 5.41 Å². The van der Waals surface area contributed by atoms with Crippen molar-refractivity contribution >= 4 is 0 Å². The Balaban J connectivity index is 1.61. The van der Waals surface area contributed by atoms with Crippen molar-refractivity contribution in [2.45, 2.75) is 19.4 Å². The number of likely N-dealkylation sites (tertiary alicyclic amines) is 1. The maximum atomic E-state index is 4.85. The summed E-state index contributed by atoms with van der Waals surface area (Å²) in [7, 11) is 0. The average Bonchev–Trinajstić information content (AvgIpc) is 2.92. The van der Waals surface area contributed by atoms with Gasteiger partial charge in [0.25, 0.3) is 0 Å². The van der Waals surface area contributed by atoms with E-state index < -0.39 is 0 Å². The Morgan fingerprint density at radius 2 is 2.53 bits per heavy atom. The minimum Gasteiger partial charge on any atom is -0.364 e. The van der Waals surface area contributed by atoms with Gasteiger partial charge in [-0.05, 0) is 31.3 Å². The second-order valence-corrected chi connectivity index (χ2v) is 4.88. The molecule has 1 N–H and O–H groups in total. The van der Waals surface area contributed by atoms with E-state index >= 15 is 0 Å². The normalized spacial score (nSPS) is 31.7. The summed E-state index contributed by atoms with van der Waals surface area (Å²) in [6, 6.07) is 1.96. The zero-order valence-electron chi connectivity index (χ0n) is 8.91. The fourth-order valence-electron chi connectivity index (χ4n) is 2.85. The number of nitrogens with zero attached hydrogens (tertiary/aromatic N) is 2. The van der Waals surface area contributed by atoms with Gasteiger partial charge in [0.05, 0.1) is 5.69 Å². The fourth-order valence-corrected chi connectivity index (χ4v) is 2.85. The quantitative estimate of drug-likeness (QED) is 0.781. The highest BCUT2D eigenvalue weighted by atomic mass is 16.5. The summed E-state index contributed by atoms with van der Waals surface area (Å²) in [5.41, 5.74) is 1.61. The van der Waals surface area contributed by atoms with E-state index in [9.17, 15) is 0 Å². The Hall–Kier alpha value is -0.870. The Bertz CT molecular complexity index is 317. The molecule has 0 aliphatic carbocycles. The van der Waals surface area contributed by atoms with E-state index in [1.54, 1.807) is 6.26 Å². The summed E-state index contributed by atoms with van der Waals surface area (Å²) >= 11 is 0. The predicted molar refractivity (Wildman–Crippen MR) is 56.3 cm³/mol. The highest BCUT2D eigenvalue weighted by Gasteiger charge is 2.40. The lowest BCUT2D eigenvalue weighted by Crippen LogP contribution is -2.28. The van der Waals surface area contributed by atoms with Crippen LogP contribution in [0.4, 0.5) is 0 Å². The summed E-state index contributed by atoms with van der Waals surface area (Å²) in [5.74, 6) is 0. The lowest BCUT2D eigenvalue weighted by molar-refractivity contribution is 0.261. The summed E-state index contributed by atoms with van der Waals surface area (Å²) < 4.78 is 4.85. The smallest absolute Gasteiger partial charge is 0.124 e. The second kappa shape index (κ2) is 3.61. The highest BCUT2D eigenvalue weighted by Crippen LogP contribution is 2.36. The summed E-state index contributed by atoms with van der Waals surface area (Å²) in [6.45, 7) is 5.75. The van der Waals surface area contributed by atoms with E-state index in [1.165, 1.54) is 39.0 Å². The van der Waals surface area contributed by atoms with Crippen LogP contribution in [0.2, 0.25) is 0 Å². The van der Waals surface area contributed by atoms with E-state index in [-0.39, 0.29) is 0 Å². The molecule has 0 bridgehead atoms. The Morgan fingerprint density at radius 3 is 3.27 bits per heavy atom. The standard InChI is InChI=1S/C11H17N3O/c1-6-15-13-10(1)7-14-5-3-11(9-14)2-4-12-8-11/h1,6,12H,2-5,7-9H2. The summed E-state index contributed by atoms with van der Waals surface area (Å²) in [6.07, 6.45) is 4.32. The SMILES string of the molecule is c1cc(CN2CCC3(CCNC3)C2)no1. The van der Waals surface area contributed by atoms with Crippen LogP contribution in [-0.2, 0) is 6.54 Å². The molecule has 0 saturated carbocycles. The van der Waals surface area contributed by atoms with E-state index in [1.807, 2.05) is 6.07 Å². The molecule has 15 heavy (non-hydrogen) atoms. The fraction of sp³-hybridized carbons (Fsp3) is 0.727. The zero-order chi connectivity index (χ0) is 10.1. The van der Waals surface area contributed by atoms with Crippen molar-refractivity contribution in [3.8, 4) is 0 Å². The van der Waals surface area contributed by atoms with Gasteiger partial charge in [-0.25, -0.2) is 0 Å². The monoisotopic (exact) mass is 207 g/mol. The third kappa shape index (κ3) is 1.79. The van der Waals surface area contributed by atoms with Crippen LogP contribution in [0.5, 0.6) is 0 Å². The van der Waals surface area contributed by atoms with Crippen molar-refractivity contribution < 1.29 is 4.52 Å². The molecule has 1 spiro atoms. The lowest BCUT2D eigenvalue weighted by atomic mass is 9.87. The van der Waals surface area contributed by atoms with Gasteiger partial charge in [-0.1, -0.05) is 5.16 Å². The van der Waals surface area contributed by atoms with Crippen LogP contribution in [0, 0.1) is 5.41 Å². The van der Waals surface area contributed by atoms with Gasteiger partial charge >= 0.3 is 0 Å². The molecule has 0 amide bonds. The van der Waals surface area contributed by atoms with Gasteiger partial charge in [0, 0.05) is 25.7 Å². The van der Waals surface area contributed by atoms with Crippen LogP contribution in [0.15, 0.2) is 16.9 Å². The molecule has 1 aromatic heterocycles. The topological polar surface area (TPSA) is 41.3 Å². The van der Waals surface area contributed by atoms with Crippen molar-refractivity contribution in [1.29, 1.82) is 0 Å². The van der Waals surface area contributed by atoms with Gasteiger partial charge in [-0.2, -0.15) is 0 Å². The summed E-state index contributed by atoms with van der Waals surface area (Å²) in [5, 5.41) is 7.44. The second-order valence-electron chi connectivity index (χ2n) is 4.88. The molecule has 3 rings (SSSR count). The lowest BCUT2D eigenvalue weighted by Gasteiger charge is -2.22. The third-order valence-corrected chi connectivity index (χ3v) is 3.73. The van der Waals surface area contributed by atoms with Crippen LogP contribution < -0.4 is 5.32 Å². The Labute approximate surface area is 89.6 Å². The van der Waals surface area contributed by atoms with E-state index in [0.717, 1.165) is 12.2 Å². The molecule has 0 radical (unpaired) electrons. The van der Waals surface area contributed by atoms with Crippen LogP contribution in [0.25, 0.3) is 0 Å². The van der Waals surface area contributed by atoms with Gasteiger partial charge in [-0.15, -0.1) is 0 Å². The van der Waals surface area contributed by atoms with E-state index in [4.69, 9.17) is 4.52 Å². The minimum atomic E-state index is 0.559. The van der Waals surface area contributed by atoms with Crippen LogP contribution in [-0.4, -0.2) is 36.2 Å². The zero-order valence-corrected chi connectivity index (χ0v) is 8.91. The molecular formula is C11H17N3O. The van der Waals surface area contributed by atoms with Gasteiger partial charge in [0.2, 0.25) is 0 Å². The third-order valence-electron chi connectivity index (χ3n) is 3.73. The molecule has 1 unspecified atom stereocenters. The van der Waals surface area contributed by atoms with Crippen LogP contribution >= 0.6 is 0 Å². The number of nitrogens with one attached hydrogen (secondary N) is 1. The van der Waals surface area contributed by atoms with Crippen molar-refractivity contribution in [1.82, 2.24) is 15.4 Å². The van der Waals surface area contributed by atoms with Crippen molar-refractivity contribution in [2.75, 3.05) is 26.2 Å². The highest BCUT2D eigenvalue weighted by molar-refractivity contribution is 5.00. The van der Waals surface area contributed by atoms with Crippen LogP contribution in [0.3, 0.4) is 0 Å². The first kappa shape index (κ1) is 9.36. The average molecular weight is 207 g/mol. The van der Waals surface area contributed by atoms with Gasteiger partial charge < -0.3 is 9.84 Å². The minimum absolute atomic E-state index is 0.559. The maximum absolute atomic E-state index is 4.85. The van der Waals surface area contributed by atoms with Gasteiger partial charge in [0.15, 0.2) is 0 Å². The predicted octanol–water partition coefficient (Wildman–Crippen LogP) is 0.860. The first-order valence-corrected chi connectivity index (χ1v) is 5.69. The summed E-state index contributed by atoms with van der Waals surface area (Å²) in [4.78, 5) is 2.49. The molecule has 2 aliphatic rings. The number of rotatable bonds is 2. The van der Waals surface area contributed by atoms with Gasteiger partial charge in [-0.3, -0.25) is 4.90 Å². The molecule has 4 nitrogen and oxygen atoms in total. The molecular weight excluding hydrogens is 190 g/mol. The Kier molecular flexibility index (Phi) is 2.25. The first-order chi connectivity index (χ1) is 7.36. The van der Waals surface area contributed by atoms with Gasteiger partial charge in [0.1, 0.15) is 6.26 Å². The molecule has 4 heteroatoms. The first-order valence-electron chi connectivity index (χ1n) is 5.69. The molecule has 2 fully saturated rings. The molecule has 0 aromatic carbocycles. The molecule has 3 heterocycles. The molecule has 2 aliphatic heterocycles. The molecule has 1 atom stereocenters. The van der Waals surface area contributed by atoms with Crippen molar-refractivity contribution in [2.24, 2.45) is 5.41 Å². The number of hydrogen-bond acceptors (Lipinski definition) is 4.